The molecule has 0 spiro atoms. The van der Waals surface area contributed by atoms with E-state index in [0.29, 0.717) is 18.3 Å². The lowest BCUT2D eigenvalue weighted by molar-refractivity contribution is 0.240. The molecule has 0 aliphatic rings. The van der Waals surface area contributed by atoms with Crippen LogP contribution in [0.5, 0.6) is 5.88 Å². The van der Waals surface area contributed by atoms with Crippen LogP contribution in [0.15, 0.2) is 12.1 Å². The maximum Gasteiger partial charge on any atom is 0.218 e. The maximum absolute atomic E-state index is 5.73. The van der Waals surface area contributed by atoms with Crippen molar-refractivity contribution >= 4 is 0 Å². The SMILES string of the molecule is CCCC(C)COc1nc(C)ccc1CN. The average Bonchev–Trinajstić information content (AvgIpc) is 2.27. The topological polar surface area (TPSA) is 48.1 Å². The predicted octanol–water partition coefficient (Wildman–Crippen LogP) is 2.66. The van der Waals surface area contributed by atoms with Crippen molar-refractivity contribution in [1.82, 2.24) is 4.98 Å². The Morgan fingerprint density at radius 3 is 2.81 bits per heavy atom. The monoisotopic (exact) mass is 222 g/mol. The summed E-state index contributed by atoms with van der Waals surface area (Å²) >= 11 is 0. The van der Waals surface area contributed by atoms with Gasteiger partial charge in [0.1, 0.15) is 0 Å². The summed E-state index contributed by atoms with van der Waals surface area (Å²) in [6.45, 7) is 7.54. The van der Waals surface area contributed by atoms with Gasteiger partial charge < -0.3 is 10.5 Å². The van der Waals surface area contributed by atoms with Gasteiger partial charge in [-0.3, -0.25) is 0 Å². The zero-order chi connectivity index (χ0) is 12.0. The highest BCUT2D eigenvalue weighted by Gasteiger charge is 2.07. The third-order valence-electron chi connectivity index (χ3n) is 2.58. The van der Waals surface area contributed by atoms with Gasteiger partial charge in [-0.25, -0.2) is 4.98 Å². The Hall–Kier alpha value is -1.09. The molecule has 3 nitrogen and oxygen atoms in total. The van der Waals surface area contributed by atoms with Gasteiger partial charge >= 0.3 is 0 Å². The van der Waals surface area contributed by atoms with E-state index < -0.39 is 0 Å². The lowest BCUT2D eigenvalue weighted by Gasteiger charge is -2.14. The first-order chi connectivity index (χ1) is 7.67. The van der Waals surface area contributed by atoms with Crippen LogP contribution in [0, 0.1) is 12.8 Å². The van der Waals surface area contributed by atoms with Crippen molar-refractivity contribution < 1.29 is 4.74 Å². The Labute approximate surface area is 98.0 Å². The Balaban J connectivity index is 2.61. The second kappa shape index (κ2) is 6.48. The van der Waals surface area contributed by atoms with E-state index >= 15 is 0 Å². The van der Waals surface area contributed by atoms with Gasteiger partial charge in [0.2, 0.25) is 5.88 Å². The van der Waals surface area contributed by atoms with Gasteiger partial charge in [0.15, 0.2) is 0 Å². The van der Waals surface area contributed by atoms with Gasteiger partial charge in [-0.2, -0.15) is 0 Å². The van der Waals surface area contributed by atoms with E-state index in [9.17, 15) is 0 Å². The van der Waals surface area contributed by atoms with Crippen molar-refractivity contribution in [2.24, 2.45) is 11.7 Å². The van der Waals surface area contributed by atoms with Crippen LogP contribution >= 0.6 is 0 Å². The van der Waals surface area contributed by atoms with Crippen molar-refractivity contribution in [2.45, 2.75) is 40.2 Å². The number of hydrogen-bond acceptors (Lipinski definition) is 3. The molecule has 1 rings (SSSR count). The minimum absolute atomic E-state index is 0.477. The molecule has 16 heavy (non-hydrogen) atoms. The molecule has 0 radical (unpaired) electrons. The van der Waals surface area contributed by atoms with Crippen molar-refractivity contribution in [3.05, 3.63) is 23.4 Å². The van der Waals surface area contributed by atoms with Crippen LogP contribution in [0.25, 0.3) is 0 Å². The third kappa shape index (κ3) is 3.81. The third-order valence-corrected chi connectivity index (χ3v) is 2.58. The molecule has 0 saturated heterocycles. The number of nitrogens with zero attached hydrogens (tertiary/aromatic N) is 1. The molecule has 0 amide bonds. The molecule has 1 heterocycles. The lowest BCUT2D eigenvalue weighted by Crippen LogP contribution is -2.11. The number of ether oxygens (including phenoxy) is 1. The molecule has 0 bridgehead atoms. The van der Waals surface area contributed by atoms with E-state index in [1.54, 1.807) is 0 Å². The standard InChI is InChI=1S/C13H22N2O/c1-4-5-10(2)9-16-13-12(8-14)7-6-11(3)15-13/h6-7,10H,4-5,8-9,14H2,1-3H3. The Kier molecular flexibility index (Phi) is 5.26. The summed E-state index contributed by atoms with van der Waals surface area (Å²) in [5, 5.41) is 0. The Morgan fingerprint density at radius 2 is 2.19 bits per heavy atom. The van der Waals surface area contributed by atoms with Crippen LogP contribution in [0.1, 0.15) is 37.9 Å². The average molecular weight is 222 g/mol. The molecule has 1 aromatic rings. The summed E-state index contributed by atoms with van der Waals surface area (Å²) in [6.07, 6.45) is 2.37. The molecule has 0 aliphatic carbocycles. The molecule has 0 aliphatic heterocycles. The molecule has 0 saturated carbocycles. The quantitative estimate of drug-likeness (QED) is 0.805. The first-order valence-electron chi connectivity index (χ1n) is 5.96. The zero-order valence-corrected chi connectivity index (χ0v) is 10.5. The highest BCUT2D eigenvalue weighted by atomic mass is 16.5. The molecule has 1 atom stereocenters. The molecular formula is C13H22N2O. The second-order valence-electron chi connectivity index (χ2n) is 4.33. The fourth-order valence-corrected chi connectivity index (χ4v) is 1.64. The van der Waals surface area contributed by atoms with E-state index in [-0.39, 0.29) is 0 Å². The number of pyridine rings is 1. The fraction of sp³-hybridized carbons (Fsp3) is 0.615. The fourth-order valence-electron chi connectivity index (χ4n) is 1.64. The van der Waals surface area contributed by atoms with Gasteiger partial charge in [-0.05, 0) is 25.3 Å². The van der Waals surface area contributed by atoms with Crippen molar-refractivity contribution in [3.8, 4) is 5.88 Å². The van der Waals surface area contributed by atoms with E-state index in [1.165, 1.54) is 12.8 Å². The molecule has 2 N–H and O–H groups in total. The summed E-state index contributed by atoms with van der Waals surface area (Å²) in [4.78, 5) is 4.37. The normalized spacial score (nSPS) is 12.5. The molecule has 90 valence electrons. The van der Waals surface area contributed by atoms with Gasteiger partial charge in [0.05, 0.1) is 6.61 Å². The van der Waals surface area contributed by atoms with Crippen LogP contribution < -0.4 is 10.5 Å². The van der Waals surface area contributed by atoms with Crippen LogP contribution in [0.2, 0.25) is 0 Å². The highest BCUT2D eigenvalue weighted by molar-refractivity contribution is 5.27. The number of aryl methyl sites for hydroxylation is 1. The summed E-state index contributed by atoms with van der Waals surface area (Å²) < 4.78 is 5.73. The molecule has 0 fully saturated rings. The summed E-state index contributed by atoms with van der Waals surface area (Å²) in [5.41, 5.74) is 7.59. The van der Waals surface area contributed by atoms with E-state index in [0.717, 1.165) is 17.9 Å². The number of aromatic nitrogens is 1. The minimum Gasteiger partial charge on any atom is -0.477 e. The Bertz CT molecular complexity index is 326. The van der Waals surface area contributed by atoms with Crippen molar-refractivity contribution in [2.75, 3.05) is 6.61 Å². The number of rotatable bonds is 6. The number of hydrogen-bond donors (Lipinski definition) is 1. The van der Waals surface area contributed by atoms with E-state index in [2.05, 4.69) is 18.8 Å². The molecule has 1 unspecified atom stereocenters. The largest absolute Gasteiger partial charge is 0.477 e. The van der Waals surface area contributed by atoms with Gasteiger partial charge in [-0.15, -0.1) is 0 Å². The van der Waals surface area contributed by atoms with Crippen LogP contribution in [-0.2, 0) is 6.54 Å². The van der Waals surface area contributed by atoms with Crippen LogP contribution in [0.4, 0.5) is 0 Å². The van der Waals surface area contributed by atoms with Crippen LogP contribution in [-0.4, -0.2) is 11.6 Å². The molecule has 1 aromatic heterocycles. The zero-order valence-electron chi connectivity index (χ0n) is 10.5. The highest BCUT2D eigenvalue weighted by Crippen LogP contribution is 2.17. The van der Waals surface area contributed by atoms with Gasteiger partial charge in [0, 0.05) is 17.8 Å². The molecule has 0 aromatic carbocycles. The summed E-state index contributed by atoms with van der Waals surface area (Å²) in [5.74, 6) is 1.27. The molecule has 3 heteroatoms. The maximum atomic E-state index is 5.73. The number of nitrogens with two attached hydrogens (primary N) is 1. The molecular weight excluding hydrogens is 200 g/mol. The van der Waals surface area contributed by atoms with Gasteiger partial charge in [0.25, 0.3) is 0 Å². The van der Waals surface area contributed by atoms with Crippen molar-refractivity contribution in [3.63, 3.8) is 0 Å². The first-order valence-corrected chi connectivity index (χ1v) is 5.96. The summed E-state index contributed by atoms with van der Waals surface area (Å²) in [6, 6.07) is 3.95. The van der Waals surface area contributed by atoms with Gasteiger partial charge in [-0.1, -0.05) is 26.3 Å². The first kappa shape index (κ1) is 13.0. The van der Waals surface area contributed by atoms with E-state index in [1.807, 2.05) is 19.1 Å². The van der Waals surface area contributed by atoms with Crippen molar-refractivity contribution in [1.29, 1.82) is 0 Å². The Morgan fingerprint density at radius 1 is 1.44 bits per heavy atom. The second-order valence-corrected chi connectivity index (χ2v) is 4.33. The minimum atomic E-state index is 0.477. The lowest BCUT2D eigenvalue weighted by atomic mass is 10.1. The smallest absolute Gasteiger partial charge is 0.218 e. The summed E-state index contributed by atoms with van der Waals surface area (Å²) in [7, 11) is 0. The van der Waals surface area contributed by atoms with E-state index in [4.69, 9.17) is 10.5 Å². The van der Waals surface area contributed by atoms with Crippen LogP contribution in [0.3, 0.4) is 0 Å². The predicted molar refractivity (Wildman–Crippen MR) is 66.4 cm³/mol.